The minimum atomic E-state index is 0.388. The number of rotatable bonds is 3. The number of furan rings is 1. The Bertz CT molecular complexity index is 440. The number of nitrogen functional groups attached to an aromatic ring is 1. The number of halogens is 1. The summed E-state index contributed by atoms with van der Waals surface area (Å²) in [5.74, 6) is 1.44. The average Bonchev–Trinajstić information content (AvgIpc) is 2.69. The third-order valence-electron chi connectivity index (χ3n) is 1.92. The molecule has 0 bridgehead atoms. The molecule has 2 N–H and O–H groups in total. The molecule has 1 aromatic heterocycles. The van der Waals surface area contributed by atoms with Crippen LogP contribution in [0.15, 0.2) is 45.5 Å². The van der Waals surface area contributed by atoms with Gasteiger partial charge in [0.05, 0.1) is 12.0 Å². The first-order chi connectivity index (χ1) is 7.25. The van der Waals surface area contributed by atoms with Crippen molar-refractivity contribution in [3.63, 3.8) is 0 Å². The Balaban J connectivity index is 2.05. The zero-order valence-corrected chi connectivity index (χ0v) is 9.53. The maximum absolute atomic E-state index is 5.78. The summed E-state index contributed by atoms with van der Waals surface area (Å²) in [5, 5.41) is 0. The van der Waals surface area contributed by atoms with Crippen LogP contribution in [-0.2, 0) is 6.61 Å². The highest BCUT2D eigenvalue weighted by Crippen LogP contribution is 2.25. The Morgan fingerprint density at radius 2 is 2.20 bits per heavy atom. The number of hydrogen-bond donors (Lipinski definition) is 1. The van der Waals surface area contributed by atoms with Crippen molar-refractivity contribution in [2.45, 2.75) is 6.61 Å². The van der Waals surface area contributed by atoms with Crippen LogP contribution in [-0.4, -0.2) is 0 Å². The second kappa shape index (κ2) is 4.40. The van der Waals surface area contributed by atoms with Gasteiger partial charge in [-0.3, -0.25) is 0 Å². The summed E-state index contributed by atoms with van der Waals surface area (Å²) in [6, 6.07) is 9.19. The van der Waals surface area contributed by atoms with Crippen LogP contribution in [0.1, 0.15) is 5.76 Å². The maximum Gasteiger partial charge on any atom is 0.146 e. The Kier molecular flexibility index (Phi) is 2.97. The molecule has 0 aliphatic carbocycles. The van der Waals surface area contributed by atoms with Gasteiger partial charge in [-0.25, -0.2) is 0 Å². The zero-order chi connectivity index (χ0) is 10.7. The lowest BCUT2D eigenvalue weighted by Gasteiger charge is -2.07. The van der Waals surface area contributed by atoms with Crippen LogP contribution in [0.5, 0.6) is 5.75 Å². The predicted molar refractivity (Wildman–Crippen MR) is 61.6 cm³/mol. The minimum absolute atomic E-state index is 0.388. The highest BCUT2D eigenvalue weighted by atomic mass is 79.9. The third-order valence-corrected chi connectivity index (χ3v) is 2.42. The van der Waals surface area contributed by atoms with Crippen molar-refractivity contribution in [2.75, 3.05) is 5.73 Å². The van der Waals surface area contributed by atoms with Gasteiger partial charge in [0.1, 0.15) is 18.1 Å². The number of ether oxygens (including phenoxy) is 1. The van der Waals surface area contributed by atoms with Gasteiger partial charge in [0.15, 0.2) is 0 Å². The molecule has 0 atom stereocenters. The first-order valence-corrected chi connectivity index (χ1v) is 5.25. The zero-order valence-electron chi connectivity index (χ0n) is 7.94. The van der Waals surface area contributed by atoms with E-state index in [0.717, 1.165) is 10.2 Å². The smallest absolute Gasteiger partial charge is 0.146 e. The van der Waals surface area contributed by atoms with Crippen LogP contribution < -0.4 is 10.5 Å². The molecule has 2 rings (SSSR count). The first-order valence-electron chi connectivity index (χ1n) is 4.46. The molecular weight excluding hydrogens is 258 g/mol. The molecule has 0 aliphatic heterocycles. The van der Waals surface area contributed by atoms with E-state index in [4.69, 9.17) is 14.9 Å². The van der Waals surface area contributed by atoms with Gasteiger partial charge in [-0.2, -0.15) is 0 Å². The van der Waals surface area contributed by atoms with E-state index in [9.17, 15) is 0 Å². The molecule has 0 saturated heterocycles. The van der Waals surface area contributed by atoms with Gasteiger partial charge in [0.25, 0.3) is 0 Å². The summed E-state index contributed by atoms with van der Waals surface area (Å²) >= 11 is 3.33. The number of anilines is 1. The highest BCUT2D eigenvalue weighted by molar-refractivity contribution is 9.10. The first kappa shape index (κ1) is 10.1. The highest BCUT2D eigenvalue weighted by Gasteiger charge is 2.02. The molecule has 0 saturated carbocycles. The van der Waals surface area contributed by atoms with E-state index in [0.29, 0.717) is 18.0 Å². The standard InChI is InChI=1S/C11H10BrNO2/c12-8-3-4-11(10(13)6-8)15-7-9-2-1-5-14-9/h1-6H,7,13H2. The summed E-state index contributed by atoms with van der Waals surface area (Å²) in [7, 11) is 0. The molecule has 0 spiro atoms. The second-order valence-electron chi connectivity index (χ2n) is 3.05. The Morgan fingerprint density at radius 1 is 1.33 bits per heavy atom. The van der Waals surface area contributed by atoms with Crippen LogP contribution in [0.4, 0.5) is 5.69 Å². The molecule has 4 heteroatoms. The van der Waals surface area contributed by atoms with E-state index < -0.39 is 0 Å². The molecule has 3 nitrogen and oxygen atoms in total. The summed E-state index contributed by atoms with van der Waals surface area (Å²) in [4.78, 5) is 0. The maximum atomic E-state index is 5.78. The predicted octanol–water partition coefficient (Wildman–Crippen LogP) is 3.20. The largest absolute Gasteiger partial charge is 0.483 e. The second-order valence-corrected chi connectivity index (χ2v) is 3.97. The lowest BCUT2D eigenvalue weighted by atomic mass is 10.3. The normalized spacial score (nSPS) is 10.2. The Hall–Kier alpha value is -1.42. The van der Waals surface area contributed by atoms with E-state index in [1.807, 2.05) is 24.3 Å². The lowest BCUT2D eigenvalue weighted by molar-refractivity contribution is 0.271. The molecular formula is C11H10BrNO2. The summed E-state index contributed by atoms with van der Waals surface area (Å²) in [6.45, 7) is 0.388. The van der Waals surface area contributed by atoms with E-state index in [1.54, 1.807) is 12.3 Å². The SMILES string of the molecule is Nc1cc(Br)ccc1OCc1ccco1. The Labute approximate surface area is 96.0 Å². The fourth-order valence-electron chi connectivity index (χ4n) is 1.19. The van der Waals surface area contributed by atoms with Gasteiger partial charge in [0.2, 0.25) is 0 Å². The van der Waals surface area contributed by atoms with Crippen LogP contribution in [0, 0.1) is 0 Å². The summed E-state index contributed by atoms with van der Waals surface area (Å²) < 4.78 is 11.6. The fourth-order valence-corrected chi connectivity index (χ4v) is 1.57. The molecule has 0 unspecified atom stereocenters. The quantitative estimate of drug-likeness (QED) is 0.869. The van der Waals surface area contributed by atoms with Gasteiger partial charge in [0, 0.05) is 4.47 Å². The van der Waals surface area contributed by atoms with E-state index in [-0.39, 0.29) is 0 Å². The number of nitrogens with two attached hydrogens (primary N) is 1. The summed E-state index contributed by atoms with van der Waals surface area (Å²) in [5.41, 5.74) is 6.38. The van der Waals surface area contributed by atoms with Gasteiger partial charge in [-0.1, -0.05) is 15.9 Å². The number of benzene rings is 1. The van der Waals surface area contributed by atoms with Crippen molar-refractivity contribution in [3.8, 4) is 5.75 Å². The van der Waals surface area contributed by atoms with Crippen LogP contribution in [0.2, 0.25) is 0 Å². The molecule has 0 aliphatic rings. The molecule has 0 fully saturated rings. The van der Waals surface area contributed by atoms with Crippen LogP contribution in [0.25, 0.3) is 0 Å². The topological polar surface area (TPSA) is 48.4 Å². The van der Waals surface area contributed by atoms with Crippen molar-refractivity contribution in [1.29, 1.82) is 0 Å². The molecule has 2 aromatic rings. The molecule has 0 radical (unpaired) electrons. The number of hydrogen-bond acceptors (Lipinski definition) is 3. The van der Waals surface area contributed by atoms with Crippen molar-refractivity contribution in [3.05, 3.63) is 46.8 Å². The van der Waals surface area contributed by atoms with Gasteiger partial charge < -0.3 is 14.9 Å². The van der Waals surface area contributed by atoms with E-state index in [2.05, 4.69) is 15.9 Å². The monoisotopic (exact) mass is 267 g/mol. The van der Waals surface area contributed by atoms with Crippen LogP contribution >= 0.6 is 15.9 Å². The average molecular weight is 268 g/mol. The van der Waals surface area contributed by atoms with Crippen LogP contribution in [0.3, 0.4) is 0 Å². The minimum Gasteiger partial charge on any atom is -0.483 e. The van der Waals surface area contributed by atoms with E-state index >= 15 is 0 Å². The van der Waals surface area contributed by atoms with Gasteiger partial charge >= 0.3 is 0 Å². The van der Waals surface area contributed by atoms with Crippen molar-refractivity contribution in [2.24, 2.45) is 0 Å². The van der Waals surface area contributed by atoms with Gasteiger partial charge in [-0.15, -0.1) is 0 Å². The molecule has 78 valence electrons. The van der Waals surface area contributed by atoms with Crippen molar-refractivity contribution < 1.29 is 9.15 Å². The lowest BCUT2D eigenvalue weighted by Crippen LogP contribution is -1.97. The fraction of sp³-hybridized carbons (Fsp3) is 0.0909. The van der Waals surface area contributed by atoms with Gasteiger partial charge in [-0.05, 0) is 30.3 Å². The van der Waals surface area contributed by atoms with E-state index in [1.165, 1.54) is 0 Å². The summed E-state index contributed by atoms with van der Waals surface area (Å²) in [6.07, 6.45) is 1.61. The Morgan fingerprint density at radius 3 is 2.87 bits per heavy atom. The molecule has 15 heavy (non-hydrogen) atoms. The molecule has 1 aromatic carbocycles. The third kappa shape index (κ3) is 2.53. The molecule has 0 amide bonds. The molecule has 1 heterocycles. The van der Waals surface area contributed by atoms with Crippen molar-refractivity contribution in [1.82, 2.24) is 0 Å². The van der Waals surface area contributed by atoms with Crippen molar-refractivity contribution >= 4 is 21.6 Å².